The lowest BCUT2D eigenvalue weighted by atomic mass is 10.2. The first-order chi connectivity index (χ1) is 5.47. The largest absolute Gasteiger partial charge is 0.314 e. The molecular weight excluding hydrogens is 140 g/mol. The zero-order chi connectivity index (χ0) is 7.52. The summed E-state index contributed by atoms with van der Waals surface area (Å²) in [6.45, 7) is 3.08. The zero-order valence-electron chi connectivity index (χ0n) is 6.30. The van der Waals surface area contributed by atoms with Gasteiger partial charge in [0.05, 0.1) is 11.7 Å². The Morgan fingerprint density at radius 1 is 1.45 bits per heavy atom. The molecule has 0 radical (unpaired) electrons. The molecule has 2 rings (SSSR count). The lowest BCUT2D eigenvalue weighted by molar-refractivity contribution is 0.423. The lowest BCUT2D eigenvalue weighted by Crippen LogP contribution is -2.42. The van der Waals surface area contributed by atoms with E-state index < -0.39 is 0 Å². The molecule has 4 nitrogen and oxygen atoms in total. The highest BCUT2D eigenvalue weighted by Crippen LogP contribution is 2.08. The molecule has 0 aromatic carbocycles. The van der Waals surface area contributed by atoms with E-state index >= 15 is 0 Å². The van der Waals surface area contributed by atoms with Crippen LogP contribution in [0.15, 0.2) is 12.3 Å². The van der Waals surface area contributed by atoms with Gasteiger partial charge in [0.25, 0.3) is 0 Å². The molecule has 1 saturated heterocycles. The van der Waals surface area contributed by atoms with E-state index in [0.29, 0.717) is 6.04 Å². The molecule has 0 aliphatic carbocycles. The molecular formula is C7H12N4. The Kier molecular flexibility index (Phi) is 1.87. The lowest BCUT2D eigenvalue weighted by Gasteiger charge is -2.22. The van der Waals surface area contributed by atoms with E-state index in [-0.39, 0.29) is 0 Å². The second kappa shape index (κ2) is 3.02. The van der Waals surface area contributed by atoms with Gasteiger partial charge >= 0.3 is 0 Å². The van der Waals surface area contributed by atoms with E-state index in [0.717, 1.165) is 25.3 Å². The smallest absolute Gasteiger partial charge is 0.0616 e. The first-order valence-corrected chi connectivity index (χ1v) is 3.90. The van der Waals surface area contributed by atoms with Crippen LogP contribution in [0.2, 0.25) is 0 Å². The minimum atomic E-state index is 0.409. The van der Waals surface area contributed by atoms with Crippen molar-refractivity contribution in [1.82, 2.24) is 20.8 Å². The standard InChI is InChI=1S/C7H12N4/c1-2-10-11-6(1)7-5-8-3-4-9-7/h1-2,7-9H,3-5H2,(H,10,11). The number of nitrogens with zero attached hydrogens (tertiary/aromatic N) is 1. The van der Waals surface area contributed by atoms with Crippen molar-refractivity contribution in [1.29, 1.82) is 0 Å². The first kappa shape index (κ1) is 6.82. The van der Waals surface area contributed by atoms with Gasteiger partial charge in [0.15, 0.2) is 0 Å². The quantitative estimate of drug-likeness (QED) is 0.515. The van der Waals surface area contributed by atoms with E-state index in [1.54, 1.807) is 6.20 Å². The van der Waals surface area contributed by atoms with E-state index in [1.165, 1.54) is 0 Å². The van der Waals surface area contributed by atoms with Crippen molar-refractivity contribution in [3.05, 3.63) is 18.0 Å². The van der Waals surface area contributed by atoms with Crippen LogP contribution in [0.4, 0.5) is 0 Å². The first-order valence-electron chi connectivity index (χ1n) is 3.90. The Balaban J connectivity index is 2.04. The summed E-state index contributed by atoms with van der Waals surface area (Å²) in [7, 11) is 0. The van der Waals surface area contributed by atoms with E-state index in [9.17, 15) is 0 Å². The van der Waals surface area contributed by atoms with Gasteiger partial charge in [0, 0.05) is 25.8 Å². The molecule has 60 valence electrons. The molecule has 1 atom stereocenters. The highest BCUT2D eigenvalue weighted by Gasteiger charge is 2.14. The third-order valence-electron chi connectivity index (χ3n) is 1.94. The molecule has 1 aliphatic rings. The van der Waals surface area contributed by atoms with Crippen LogP contribution in [-0.4, -0.2) is 29.8 Å². The summed E-state index contributed by atoms with van der Waals surface area (Å²) < 4.78 is 0. The molecule has 0 amide bonds. The third kappa shape index (κ3) is 1.41. The molecule has 11 heavy (non-hydrogen) atoms. The Morgan fingerprint density at radius 2 is 2.45 bits per heavy atom. The number of rotatable bonds is 1. The number of hydrogen-bond donors (Lipinski definition) is 3. The monoisotopic (exact) mass is 152 g/mol. The summed E-state index contributed by atoms with van der Waals surface area (Å²) in [5.74, 6) is 0. The molecule has 1 fully saturated rings. The number of aromatic nitrogens is 2. The summed E-state index contributed by atoms with van der Waals surface area (Å²) in [6, 6.07) is 2.41. The average Bonchev–Trinajstić information content (AvgIpc) is 2.58. The summed E-state index contributed by atoms with van der Waals surface area (Å²) >= 11 is 0. The Morgan fingerprint density at radius 3 is 3.09 bits per heavy atom. The Labute approximate surface area is 65.4 Å². The van der Waals surface area contributed by atoms with Gasteiger partial charge in [-0.15, -0.1) is 0 Å². The number of piperazine rings is 1. The van der Waals surface area contributed by atoms with Crippen molar-refractivity contribution in [3.8, 4) is 0 Å². The average molecular weight is 152 g/mol. The number of nitrogens with one attached hydrogen (secondary N) is 3. The molecule has 1 unspecified atom stereocenters. The van der Waals surface area contributed by atoms with Crippen LogP contribution < -0.4 is 10.6 Å². The molecule has 4 heteroatoms. The van der Waals surface area contributed by atoms with Gasteiger partial charge in [0.1, 0.15) is 0 Å². The molecule has 1 aromatic rings. The van der Waals surface area contributed by atoms with Crippen LogP contribution in [0.1, 0.15) is 11.7 Å². The van der Waals surface area contributed by atoms with Crippen LogP contribution >= 0.6 is 0 Å². The van der Waals surface area contributed by atoms with Crippen LogP contribution in [-0.2, 0) is 0 Å². The predicted molar refractivity (Wildman–Crippen MR) is 42.2 cm³/mol. The van der Waals surface area contributed by atoms with E-state index in [4.69, 9.17) is 0 Å². The van der Waals surface area contributed by atoms with Crippen LogP contribution in [0.25, 0.3) is 0 Å². The van der Waals surface area contributed by atoms with Gasteiger partial charge in [-0.25, -0.2) is 0 Å². The summed E-state index contributed by atoms with van der Waals surface area (Å²) in [4.78, 5) is 0. The molecule has 0 saturated carbocycles. The second-order valence-corrected chi connectivity index (χ2v) is 2.72. The van der Waals surface area contributed by atoms with Gasteiger partial charge in [-0.2, -0.15) is 5.10 Å². The van der Waals surface area contributed by atoms with Gasteiger partial charge in [-0.05, 0) is 6.07 Å². The summed E-state index contributed by atoms with van der Waals surface area (Å²) in [5, 5.41) is 13.6. The van der Waals surface area contributed by atoms with Gasteiger partial charge < -0.3 is 10.6 Å². The van der Waals surface area contributed by atoms with Crippen molar-refractivity contribution in [3.63, 3.8) is 0 Å². The van der Waals surface area contributed by atoms with E-state index in [1.807, 2.05) is 6.07 Å². The third-order valence-corrected chi connectivity index (χ3v) is 1.94. The number of H-pyrrole nitrogens is 1. The molecule has 0 bridgehead atoms. The molecule has 1 aromatic heterocycles. The Hall–Kier alpha value is -0.870. The SMILES string of the molecule is c1cc(C2CNCCN2)[nH]n1. The van der Waals surface area contributed by atoms with Crippen molar-refractivity contribution in [2.24, 2.45) is 0 Å². The molecule has 0 spiro atoms. The maximum Gasteiger partial charge on any atom is 0.0616 e. The minimum absolute atomic E-state index is 0.409. The maximum absolute atomic E-state index is 3.90. The molecule has 1 aliphatic heterocycles. The van der Waals surface area contributed by atoms with Crippen LogP contribution in [0.5, 0.6) is 0 Å². The van der Waals surface area contributed by atoms with Gasteiger partial charge in [0.2, 0.25) is 0 Å². The fourth-order valence-electron chi connectivity index (χ4n) is 1.33. The van der Waals surface area contributed by atoms with Crippen LogP contribution in [0.3, 0.4) is 0 Å². The Bertz CT molecular complexity index is 200. The molecule has 3 N–H and O–H groups in total. The molecule has 2 heterocycles. The van der Waals surface area contributed by atoms with Gasteiger partial charge in [-0.3, -0.25) is 5.10 Å². The van der Waals surface area contributed by atoms with Crippen molar-refractivity contribution >= 4 is 0 Å². The van der Waals surface area contributed by atoms with Crippen molar-refractivity contribution in [2.75, 3.05) is 19.6 Å². The number of hydrogen-bond acceptors (Lipinski definition) is 3. The van der Waals surface area contributed by atoms with Crippen LogP contribution in [0, 0.1) is 0 Å². The van der Waals surface area contributed by atoms with Crippen molar-refractivity contribution < 1.29 is 0 Å². The summed E-state index contributed by atoms with van der Waals surface area (Å²) in [6.07, 6.45) is 1.78. The minimum Gasteiger partial charge on any atom is -0.314 e. The zero-order valence-corrected chi connectivity index (χ0v) is 6.30. The highest BCUT2D eigenvalue weighted by atomic mass is 15.1. The predicted octanol–water partition coefficient (Wildman–Crippen LogP) is -0.356. The van der Waals surface area contributed by atoms with Crippen molar-refractivity contribution in [2.45, 2.75) is 6.04 Å². The second-order valence-electron chi connectivity index (χ2n) is 2.72. The summed E-state index contributed by atoms with van der Waals surface area (Å²) in [5.41, 5.74) is 1.16. The van der Waals surface area contributed by atoms with Gasteiger partial charge in [-0.1, -0.05) is 0 Å². The fraction of sp³-hybridized carbons (Fsp3) is 0.571. The fourth-order valence-corrected chi connectivity index (χ4v) is 1.33. The van der Waals surface area contributed by atoms with E-state index in [2.05, 4.69) is 20.8 Å². The maximum atomic E-state index is 3.90. The highest BCUT2D eigenvalue weighted by molar-refractivity contribution is 5.06. The normalized spacial score (nSPS) is 25.3. The topological polar surface area (TPSA) is 52.7 Å². The number of aromatic amines is 1.